The van der Waals surface area contributed by atoms with E-state index in [1.54, 1.807) is 0 Å². The molecule has 0 saturated heterocycles. The normalized spacial score (nSPS) is 11.1. The number of halogens is 1. The van der Waals surface area contributed by atoms with Crippen molar-refractivity contribution in [3.8, 4) is 5.88 Å². The summed E-state index contributed by atoms with van der Waals surface area (Å²) in [7, 11) is 0. The quantitative estimate of drug-likeness (QED) is 0.619. The number of ether oxygens (including phenoxy) is 2. The topological polar surface area (TPSA) is 60.5 Å². The number of amides is 1. The van der Waals surface area contributed by atoms with Gasteiger partial charge in [-0.25, -0.2) is 9.78 Å². The van der Waals surface area contributed by atoms with Gasteiger partial charge in [-0.3, -0.25) is 0 Å². The van der Waals surface area contributed by atoms with E-state index in [0.717, 1.165) is 23.0 Å². The van der Waals surface area contributed by atoms with Gasteiger partial charge in [0, 0.05) is 12.1 Å². The second-order valence-electron chi connectivity index (χ2n) is 5.74. The molecule has 6 heteroatoms. The van der Waals surface area contributed by atoms with E-state index in [9.17, 15) is 4.79 Å². The van der Waals surface area contributed by atoms with Crippen molar-refractivity contribution in [3.05, 3.63) is 22.3 Å². The van der Waals surface area contributed by atoms with E-state index in [4.69, 9.17) is 9.47 Å². The first-order valence-electron chi connectivity index (χ1n) is 7.01. The summed E-state index contributed by atoms with van der Waals surface area (Å²) >= 11 is 3.32. The molecule has 21 heavy (non-hydrogen) atoms. The summed E-state index contributed by atoms with van der Waals surface area (Å²) in [5.74, 6) is 0.643. The number of rotatable bonds is 6. The molecule has 0 aliphatic heterocycles. The van der Waals surface area contributed by atoms with Crippen LogP contribution in [0, 0.1) is 6.92 Å². The number of unbranched alkanes of at least 4 members (excludes halogenated alkanes) is 1. The number of hydrogen-bond acceptors (Lipinski definition) is 4. The zero-order valence-electron chi connectivity index (χ0n) is 13.0. The van der Waals surface area contributed by atoms with Gasteiger partial charge >= 0.3 is 6.09 Å². The standard InChI is InChI=1S/C15H23BrN2O3/c1-11-7-8-12(16)18-13(11)20-10-6-5-9-17-14(19)21-15(2,3)4/h7-8H,5-6,9-10H2,1-4H3,(H,17,19). The van der Waals surface area contributed by atoms with Crippen molar-refractivity contribution in [1.29, 1.82) is 0 Å². The van der Waals surface area contributed by atoms with Gasteiger partial charge in [0.05, 0.1) is 6.61 Å². The molecule has 1 heterocycles. The Morgan fingerprint density at radius 3 is 2.71 bits per heavy atom. The van der Waals surface area contributed by atoms with Crippen LogP contribution in [-0.2, 0) is 4.74 Å². The Morgan fingerprint density at radius 2 is 2.05 bits per heavy atom. The fourth-order valence-electron chi connectivity index (χ4n) is 1.53. The Balaban J connectivity index is 2.15. The maximum atomic E-state index is 11.4. The van der Waals surface area contributed by atoms with Crippen LogP contribution in [0.15, 0.2) is 16.7 Å². The van der Waals surface area contributed by atoms with Crippen molar-refractivity contribution >= 4 is 22.0 Å². The molecule has 1 amide bonds. The molecule has 0 aliphatic rings. The third kappa shape index (κ3) is 7.90. The first-order chi connectivity index (χ1) is 9.78. The summed E-state index contributed by atoms with van der Waals surface area (Å²) in [6, 6.07) is 3.84. The first-order valence-corrected chi connectivity index (χ1v) is 7.80. The molecule has 1 rings (SSSR count). The molecule has 118 valence electrons. The van der Waals surface area contributed by atoms with Crippen LogP contribution in [0.3, 0.4) is 0 Å². The molecule has 5 nitrogen and oxygen atoms in total. The molecule has 1 N–H and O–H groups in total. The number of carbonyl (C=O) groups excluding carboxylic acids is 1. The molecule has 0 radical (unpaired) electrons. The Labute approximate surface area is 134 Å². The zero-order chi connectivity index (χ0) is 15.9. The Hall–Kier alpha value is -1.30. The highest BCUT2D eigenvalue weighted by molar-refractivity contribution is 9.10. The van der Waals surface area contributed by atoms with Gasteiger partial charge in [-0.2, -0.15) is 0 Å². The lowest BCUT2D eigenvalue weighted by Gasteiger charge is -2.19. The van der Waals surface area contributed by atoms with Crippen molar-refractivity contribution in [1.82, 2.24) is 10.3 Å². The van der Waals surface area contributed by atoms with Crippen molar-refractivity contribution in [2.45, 2.75) is 46.1 Å². The highest BCUT2D eigenvalue weighted by Gasteiger charge is 2.15. The molecule has 0 aromatic carbocycles. The maximum absolute atomic E-state index is 11.4. The summed E-state index contributed by atoms with van der Waals surface area (Å²) in [6.45, 7) is 8.62. The fourth-order valence-corrected chi connectivity index (χ4v) is 1.83. The largest absolute Gasteiger partial charge is 0.477 e. The number of alkyl carbamates (subject to hydrolysis) is 1. The number of hydrogen-bond donors (Lipinski definition) is 1. The van der Waals surface area contributed by atoms with Gasteiger partial charge in [0.25, 0.3) is 0 Å². The molecule has 0 bridgehead atoms. The van der Waals surface area contributed by atoms with Gasteiger partial charge in [0.1, 0.15) is 10.2 Å². The summed E-state index contributed by atoms with van der Waals surface area (Å²) in [5.41, 5.74) is 0.543. The second kappa shape index (κ2) is 8.22. The molecule has 0 saturated carbocycles. The van der Waals surface area contributed by atoms with Crippen LogP contribution in [0.2, 0.25) is 0 Å². The van der Waals surface area contributed by atoms with Crippen molar-refractivity contribution in [2.75, 3.05) is 13.2 Å². The molecular formula is C15H23BrN2O3. The molecule has 0 spiro atoms. The van der Waals surface area contributed by atoms with E-state index < -0.39 is 5.60 Å². The monoisotopic (exact) mass is 358 g/mol. The predicted molar refractivity (Wildman–Crippen MR) is 85.6 cm³/mol. The van der Waals surface area contributed by atoms with Gasteiger partial charge in [-0.1, -0.05) is 6.07 Å². The van der Waals surface area contributed by atoms with Crippen LogP contribution >= 0.6 is 15.9 Å². The minimum Gasteiger partial charge on any atom is -0.477 e. The van der Waals surface area contributed by atoms with E-state index in [2.05, 4.69) is 26.2 Å². The van der Waals surface area contributed by atoms with Crippen LogP contribution in [0.25, 0.3) is 0 Å². The van der Waals surface area contributed by atoms with Crippen LogP contribution < -0.4 is 10.1 Å². The number of aromatic nitrogens is 1. The fraction of sp³-hybridized carbons (Fsp3) is 0.600. The molecule has 0 fully saturated rings. The Bertz CT molecular complexity index is 472. The van der Waals surface area contributed by atoms with E-state index in [-0.39, 0.29) is 6.09 Å². The highest BCUT2D eigenvalue weighted by Crippen LogP contribution is 2.18. The molecule has 0 unspecified atom stereocenters. The summed E-state index contributed by atoms with van der Waals surface area (Å²) in [6.07, 6.45) is 1.28. The average Bonchev–Trinajstić information content (AvgIpc) is 2.35. The predicted octanol–water partition coefficient (Wildman–Crippen LogP) is 3.84. The number of nitrogens with zero attached hydrogens (tertiary/aromatic N) is 1. The molecule has 1 aromatic rings. The molecule has 0 atom stereocenters. The van der Waals surface area contributed by atoms with Gasteiger partial charge < -0.3 is 14.8 Å². The number of carbonyl (C=O) groups is 1. The van der Waals surface area contributed by atoms with E-state index in [1.165, 1.54) is 0 Å². The summed E-state index contributed by atoms with van der Waals surface area (Å²) in [4.78, 5) is 15.7. The van der Waals surface area contributed by atoms with Crippen LogP contribution in [0.5, 0.6) is 5.88 Å². The zero-order valence-corrected chi connectivity index (χ0v) is 14.6. The third-order valence-corrected chi connectivity index (χ3v) is 2.94. The van der Waals surface area contributed by atoms with Gasteiger partial charge in [-0.15, -0.1) is 0 Å². The SMILES string of the molecule is Cc1ccc(Br)nc1OCCCCNC(=O)OC(C)(C)C. The Kier molecular flexibility index (Phi) is 6.95. The lowest BCUT2D eigenvalue weighted by atomic mass is 10.2. The van der Waals surface area contributed by atoms with Crippen LogP contribution in [-0.4, -0.2) is 29.8 Å². The van der Waals surface area contributed by atoms with Crippen molar-refractivity contribution in [3.63, 3.8) is 0 Å². The minimum absolute atomic E-state index is 0.382. The van der Waals surface area contributed by atoms with Crippen LogP contribution in [0.4, 0.5) is 4.79 Å². The first kappa shape index (κ1) is 17.8. The van der Waals surface area contributed by atoms with Crippen LogP contribution in [0.1, 0.15) is 39.2 Å². The van der Waals surface area contributed by atoms with Gasteiger partial charge in [-0.05, 0) is 62.5 Å². The number of nitrogens with one attached hydrogen (secondary N) is 1. The average molecular weight is 359 g/mol. The lowest BCUT2D eigenvalue weighted by molar-refractivity contribution is 0.0526. The second-order valence-corrected chi connectivity index (χ2v) is 6.55. The highest BCUT2D eigenvalue weighted by atomic mass is 79.9. The van der Waals surface area contributed by atoms with Gasteiger partial charge in [0.2, 0.25) is 5.88 Å². The summed E-state index contributed by atoms with van der Waals surface area (Å²) in [5, 5.41) is 2.72. The number of pyridine rings is 1. The van der Waals surface area contributed by atoms with Crippen molar-refractivity contribution in [2.24, 2.45) is 0 Å². The smallest absolute Gasteiger partial charge is 0.407 e. The van der Waals surface area contributed by atoms with E-state index >= 15 is 0 Å². The van der Waals surface area contributed by atoms with E-state index in [0.29, 0.717) is 19.0 Å². The molecule has 0 aliphatic carbocycles. The van der Waals surface area contributed by atoms with E-state index in [1.807, 2.05) is 39.8 Å². The lowest BCUT2D eigenvalue weighted by Crippen LogP contribution is -2.33. The maximum Gasteiger partial charge on any atom is 0.407 e. The molecular weight excluding hydrogens is 336 g/mol. The number of aryl methyl sites for hydroxylation is 1. The third-order valence-electron chi connectivity index (χ3n) is 2.49. The Morgan fingerprint density at radius 1 is 1.33 bits per heavy atom. The van der Waals surface area contributed by atoms with Gasteiger partial charge in [0.15, 0.2) is 0 Å². The van der Waals surface area contributed by atoms with Crippen molar-refractivity contribution < 1.29 is 14.3 Å². The molecule has 1 aromatic heterocycles. The minimum atomic E-state index is -0.461. The summed E-state index contributed by atoms with van der Waals surface area (Å²) < 4.78 is 11.5.